The standard InChI is InChI=1S/C24H34N8O2Si/c1-35(2,3)13-12-34-16-31-11-8-18-22(28-15-29-24(18)31)19-14-32(20(6-9-25)17-4-5-17)30-23(19)27-10-7-21(26)33/h8,11,14-15,17,20H,4-7,10,12-13,16H2,1-3H3,(H2,26,33)(H,27,30). The van der Waals surface area contributed by atoms with Crippen LogP contribution in [-0.4, -0.2) is 51.4 Å². The number of amides is 1. The molecule has 3 N–H and O–H groups in total. The van der Waals surface area contributed by atoms with Crippen molar-refractivity contribution in [2.45, 2.75) is 64.1 Å². The van der Waals surface area contributed by atoms with Gasteiger partial charge in [0.15, 0.2) is 5.82 Å². The van der Waals surface area contributed by atoms with Gasteiger partial charge in [-0.05, 0) is 30.9 Å². The van der Waals surface area contributed by atoms with Crippen molar-refractivity contribution < 1.29 is 9.53 Å². The van der Waals surface area contributed by atoms with Gasteiger partial charge in [-0.15, -0.1) is 0 Å². The quantitative estimate of drug-likeness (QED) is 0.273. The average Bonchev–Trinajstić information content (AvgIpc) is 3.42. The highest BCUT2D eigenvalue weighted by Crippen LogP contribution is 2.42. The number of hydrogen-bond acceptors (Lipinski definition) is 7. The van der Waals surface area contributed by atoms with E-state index in [0.29, 0.717) is 31.4 Å². The van der Waals surface area contributed by atoms with Gasteiger partial charge in [-0.2, -0.15) is 10.4 Å². The number of nitrogens with two attached hydrogens (primary N) is 1. The normalized spacial score (nSPS) is 14.7. The lowest BCUT2D eigenvalue weighted by Crippen LogP contribution is -2.22. The van der Waals surface area contributed by atoms with Crippen molar-refractivity contribution in [1.29, 1.82) is 5.26 Å². The zero-order valence-corrected chi connectivity index (χ0v) is 21.7. The predicted octanol–water partition coefficient (Wildman–Crippen LogP) is 3.76. The first-order chi connectivity index (χ1) is 16.8. The van der Waals surface area contributed by atoms with Crippen molar-refractivity contribution >= 4 is 30.8 Å². The number of hydrogen-bond donors (Lipinski definition) is 2. The molecule has 0 aromatic carbocycles. The lowest BCUT2D eigenvalue weighted by atomic mass is 10.1. The number of ether oxygens (including phenoxy) is 1. The first-order valence-electron chi connectivity index (χ1n) is 12.1. The number of aromatic nitrogens is 5. The molecule has 1 amide bonds. The number of nitrogens with one attached hydrogen (secondary N) is 1. The lowest BCUT2D eigenvalue weighted by Gasteiger charge is -2.15. The topological polar surface area (TPSA) is 137 Å². The third kappa shape index (κ3) is 6.26. The van der Waals surface area contributed by atoms with Crippen LogP contribution in [-0.2, 0) is 16.3 Å². The van der Waals surface area contributed by atoms with Gasteiger partial charge in [0, 0.05) is 45.4 Å². The minimum Gasteiger partial charge on any atom is -0.370 e. The van der Waals surface area contributed by atoms with Gasteiger partial charge in [0.25, 0.3) is 0 Å². The van der Waals surface area contributed by atoms with Gasteiger partial charge in [0.2, 0.25) is 5.91 Å². The largest absolute Gasteiger partial charge is 0.370 e. The summed E-state index contributed by atoms with van der Waals surface area (Å²) < 4.78 is 9.80. The summed E-state index contributed by atoms with van der Waals surface area (Å²) >= 11 is 0. The summed E-state index contributed by atoms with van der Waals surface area (Å²) in [6, 6.07) is 5.42. The Hall–Kier alpha value is -3.23. The molecule has 3 aromatic heterocycles. The van der Waals surface area contributed by atoms with Gasteiger partial charge in [-0.3, -0.25) is 9.48 Å². The lowest BCUT2D eigenvalue weighted by molar-refractivity contribution is -0.117. The van der Waals surface area contributed by atoms with E-state index in [1.54, 1.807) is 6.33 Å². The number of anilines is 1. The summed E-state index contributed by atoms with van der Waals surface area (Å²) in [5.74, 6) is 0.698. The van der Waals surface area contributed by atoms with Crippen molar-refractivity contribution in [1.82, 2.24) is 24.3 Å². The van der Waals surface area contributed by atoms with E-state index >= 15 is 0 Å². The van der Waals surface area contributed by atoms with Crippen LogP contribution < -0.4 is 11.1 Å². The van der Waals surface area contributed by atoms with Crippen LogP contribution in [0.25, 0.3) is 22.3 Å². The number of carbonyl (C=O) groups is 1. The second-order valence-electron chi connectivity index (χ2n) is 10.4. The second-order valence-corrected chi connectivity index (χ2v) is 16.0. The molecule has 0 saturated heterocycles. The zero-order chi connectivity index (χ0) is 25.0. The van der Waals surface area contributed by atoms with Gasteiger partial charge in [-0.1, -0.05) is 19.6 Å². The molecule has 1 saturated carbocycles. The Morgan fingerprint density at radius 1 is 1.37 bits per heavy atom. The molecule has 1 unspecified atom stereocenters. The number of nitrogens with zero attached hydrogens (tertiary/aromatic N) is 6. The Bertz CT molecular complexity index is 1220. The SMILES string of the molecule is C[Si](C)(C)CCOCn1ccc2c(-c3cn(C(CC#N)C4CC4)nc3NCCC(N)=O)ncnc21. The molecule has 1 aliphatic rings. The molecule has 3 heterocycles. The molecule has 1 fully saturated rings. The monoisotopic (exact) mass is 494 g/mol. The third-order valence-corrected chi connectivity index (χ3v) is 7.94. The summed E-state index contributed by atoms with van der Waals surface area (Å²) in [6.45, 7) is 8.53. The predicted molar refractivity (Wildman–Crippen MR) is 137 cm³/mol. The van der Waals surface area contributed by atoms with Crippen LogP contribution in [0, 0.1) is 17.2 Å². The van der Waals surface area contributed by atoms with E-state index in [1.807, 2.05) is 27.7 Å². The van der Waals surface area contributed by atoms with Crippen LogP contribution in [0.1, 0.15) is 31.7 Å². The van der Waals surface area contributed by atoms with E-state index in [-0.39, 0.29) is 18.4 Å². The maximum atomic E-state index is 11.3. The van der Waals surface area contributed by atoms with Crippen LogP contribution in [0.4, 0.5) is 5.82 Å². The molecule has 0 bridgehead atoms. The van der Waals surface area contributed by atoms with E-state index < -0.39 is 8.07 Å². The Balaban J connectivity index is 1.63. The molecule has 3 aromatic rings. The summed E-state index contributed by atoms with van der Waals surface area (Å²) in [4.78, 5) is 20.4. The molecule has 0 spiro atoms. The Morgan fingerprint density at radius 3 is 2.86 bits per heavy atom. The first-order valence-corrected chi connectivity index (χ1v) is 15.8. The Morgan fingerprint density at radius 2 is 2.17 bits per heavy atom. The number of primary amides is 1. The number of nitriles is 1. The van der Waals surface area contributed by atoms with E-state index in [2.05, 4.69) is 41.0 Å². The summed E-state index contributed by atoms with van der Waals surface area (Å²) in [5, 5.41) is 18.3. The maximum Gasteiger partial charge on any atom is 0.219 e. The minimum atomic E-state index is -1.15. The fourth-order valence-electron chi connectivity index (χ4n) is 4.08. The smallest absolute Gasteiger partial charge is 0.219 e. The van der Waals surface area contributed by atoms with Gasteiger partial charge < -0.3 is 20.4 Å². The van der Waals surface area contributed by atoms with Crippen molar-refractivity contribution in [3.05, 3.63) is 24.8 Å². The van der Waals surface area contributed by atoms with Gasteiger partial charge >= 0.3 is 0 Å². The molecule has 4 rings (SSSR count). The van der Waals surface area contributed by atoms with Crippen LogP contribution in [0.5, 0.6) is 0 Å². The van der Waals surface area contributed by atoms with Crippen molar-refractivity contribution in [2.75, 3.05) is 18.5 Å². The molecule has 1 atom stereocenters. The van der Waals surface area contributed by atoms with Crippen LogP contribution >= 0.6 is 0 Å². The molecular formula is C24H34N8O2Si. The van der Waals surface area contributed by atoms with E-state index in [1.165, 1.54) is 0 Å². The molecule has 1 aliphatic carbocycles. The molecule has 11 heteroatoms. The molecule has 0 radical (unpaired) electrons. The molecule has 186 valence electrons. The zero-order valence-electron chi connectivity index (χ0n) is 20.7. The minimum absolute atomic E-state index is 0.0205. The first kappa shape index (κ1) is 24.9. The Labute approximate surface area is 206 Å². The third-order valence-electron chi connectivity index (χ3n) is 6.24. The highest BCUT2D eigenvalue weighted by atomic mass is 28.3. The van der Waals surface area contributed by atoms with Crippen molar-refractivity contribution in [2.24, 2.45) is 11.7 Å². The van der Waals surface area contributed by atoms with Gasteiger partial charge in [0.1, 0.15) is 18.7 Å². The van der Waals surface area contributed by atoms with Crippen molar-refractivity contribution in [3.8, 4) is 17.3 Å². The maximum absolute atomic E-state index is 11.3. The van der Waals surface area contributed by atoms with Crippen LogP contribution in [0.2, 0.25) is 25.7 Å². The number of carbonyl (C=O) groups excluding carboxylic acids is 1. The second kappa shape index (κ2) is 10.6. The van der Waals surface area contributed by atoms with E-state index in [4.69, 9.17) is 15.6 Å². The molecule has 10 nitrogen and oxygen atoms in total. The number of fused-ring (bicyclic) bond motifs is 1. The van der Waals surface area contributed by atoms with Crippen LogP contribution in [0.3, 0.4) is 0 Å². The van der Waals surface area contributed by atoms with E-state index in [0.717, 1.165) is 47.8 Å². The highest BCUT2D eigenvalue weighted by molar-refractivity contribution is 6.76. The van der Waals surface area contributed by atoms with Gasteiger partial charge in [-0.25, -0.2) is 9.97 Å². The fourth-order valence-corrected chi connectivity index (χ4v) is 4.84. The summed E-state index contributed by atoms with van der Waals surface area (Å²) in [7, 11) is -1.15. The average molecular weight is 495 g/mol. The Kier molecular flexibility index (Phi) is 7.52. The van der Waals surface area contributed by atoms with Crippen molar-refractivity contribution in [3.63, 3.8) is 0 Å². The van der Waals surface area contributed by atoms with E-state index in [9.17, 15) is 10.1 Å². The molecule has 35 heavy (non-hydrogen) atoms. The fraction of sp³-hybridized carbons (Fsp3) is 0.542. The van der Waals surface area contributed by atoms with Gasteiger partial charge in [0.05, 0.1) is 29.8 Å². The molecular weight excluding hydrogens is 460 g/mol. The van der Waals surface area contributed by atoms with Crippen LogP contribution in [0.15, 0.2) is 24.8 Å². The summed E-state index contributed by atoms with van der Waals surface area (Å²) in [5.41, 5.74) is 7.66. The number of rotatable bonds is 13. The summed E-state index contributed by atoms with van der Waals surface area (Å²) in [6.07, 6.45) is 8.27. The highest BCUT2D eigenvalue weighted by Gasteiger charge is 2.34. The molecule has 0 aliphatic heterocycles.